The van der Waals surface area contributed by atoms with Gasteiger partial charge in [-0.3, -0.25) is 4.79 Å². The molecule has 1 aromatic carbocycles. The Balaban J connectivity index is 2.50. The van der Waals surface area contributed by atoms with Crippen LogP contribution in [0.5, 0.6) is 0 Å². The number of hydrogen-bond acceptors (Lipinski definition) is 3. The standard InChI is InChI=1S/C14H15NOS/c1-8-5-6-12(7-9(8)2)14-15-10(3)13(17-14)11(4)16/h5-7H,1-4H3. The summed E-state index contributed by atoms with van der Waals surface area (Å²) < 4.78 is 0. The van der Waals surface area contributed by atoms with E-state index in [0.29, 0.717) is 0 Å². The van der Waals surface area contributed by atoms with Crippen molar-refractivity contribution in [3.05, 3.63) is 39.9 Å². The lowest BCUT2D eigenvalue weighted by Gasteiger charge is -2.01. The smallest absolute Gasteiger partial charge is 0.171 e. The van der Waals surface area contributed by atoms with Gasteiger partial charge in [0, 0.05) is 12.5 Å². The van der Waals surface area contributed by atoms with Crippen LogP contribution >= 0.6 is 11.3 Å². The van der Waals surface area contributed by atoms with Crippen LogP contribution < -0.4 is 0 Å². The Morgan fingerprint density at radius 2 is 1.88 bits per heavy atom. The Bertz CT molecular complexity index is 584. The highest BCUT2D eigenvalue weighted by atomic mass is 32.1. The molecular weight excluding hydrogens is 230 g/mol. The fourth-order valence-electron chi connectivity index (χ4n) is 1.72. The molecule has 88 valence electrons. The van der Waals surface area contributed by atoms with Gasteiger partial charge in [0.15, 0.2) is 5.78 Å². The zero-order valence-electron chi connectivity index (χ0n) is 10.5. The van der Waals surface area contributed by atoms with Gasteiger partial charge in [0.2, 0.25) is 0 Å². The second-order valence-electron chi connectivity index (χ2n) is 4.29. The number of rotatable bonds is 2. The second kappa shape index (κ2) is 4.41. The number of carbonyl (C=O) groups excluding carboxylic acids is 1. The van der Waals surface area contributed by atoms with Crippen molar-refractivity contribution in [3.8, 4) is 10.6 Å². The number of ketones is 1. The molecule has 0 bridgehead atoms. The Morgan fingerprint density at radius 1 is 1.18 bits per heavy atom. The Labute approximate surface area is 105 Å². The minimum atomic E-state index is 0.0927. The van der Waals surface area contributed by atoms with E-state index in [1.165, 1.54) is 22.5 Å². The molecule has 0 aliphatic heterocycles. The summed E-state index contributed by atoms with van der Waals surface area (Å²) in [5, 5.41) is 0.927. The molecule has 2 aromatic rings. The molecule has 0 saturated carbocycles. The van der Waals surface area contributed by atoms with Crippen LogP contribution in [0.4, 0.5) is 0 Å². The van der Waals surface area contributed by atoms with E-state index in [1.54, 1.807) is 6.92 Å². The molecule has 0 aliphatic carbocycles. The van der Waals surface area contributed by atoms with E-state index in [2.05, 4.69) is 37.0 Å². The van der Waals surface area contributed by atoms with Gasteiger partial charge in [0.25, 0.3) is 0 Å². The monoisotopic (exact) mass is 245 g/mol. The third-order valence-electron chi connectivity index (χ3n) is 2.87. The van der Waals surface area contributed by atoms with Crippen molar-refractivity contribution in [1.82, 2.24) is 4.98 Å². The molecule has 0 radical (unpaired) electrons. The molecule has 2 nitrogen and oxygen atoms in total. The number of hydrogen-bond donors (Lipinski definition) is 0. The molecule has 1 heterocycles. The van der Waals surface area contributed by atoms with Gasteiger partial charge in [0.05, 0.1) is 10.6 Å². The molecule has 1 aromatic heterocycles. The lowest BCUT2D eigenvalue weighted by atomic mass is 10.1. The number of aryl methyl sites for hydroxylation is 3. The zero-order chi connectivity index (χ0) is 12.6. The van der Waals surface area contributed by atoms with Crippen molar-refractivity contribution in [3.63, 3.8) is 0 Å². The second-order valence-corrected chi connectivity index (χ2v) is 5.29. The Morgan fingerprint density at radius 3 is 2.41 bits per heavy atom. The quantitative estimate of drug-likeness (QED) is 0.750. The van der Waals surface area contributed by atoms with Gasteiger partial charge in [-0.15, -0.1) is 11.3 Å². The van der Waals surface area contributed by atoms with Crippen LogP contribution in [-0.4, -0.2) is 10.8 Å². The summed E-state index contributed by atoms with van der Waals surface area (Å²) in [6.45, 7) is 7.65. The molecular formula is C14H15NOS. The lowest BCUT2D eigenvalue weighted by molar-refractivity contribution is 0.102. The van der Waals surface area contributed by atoms with E-state index in [4.69, 9.17) is 0 Å². The Hall–Kier alpha value is -1.48. The van der Waals surface area contributed by atoms with Crippen molar-refractivity contribution in [2.75, 3.05) is 0 Å². The summed E-state index contributed by atoms with van der Waals surface area (Å²) in [6.07, 6.45) is 0. The van der Waals surface area contributed by atoms with Gasteiger partial charge in [-0.05, 0) is 38.0 Å². The van der Waals surface area contributed by atoms with Gasteiger partial charge in [-0.2, -0.15) is 0 Å². The molecule has 17 heavy (non-hydrogen) atoms. The van der Waals surface area contributed by atoms with Gasteiger partial charge in [0.1, 0.15) is 5.01 Å². The number of carbonyl (C=O) groups is 1. The number of Topliss-reactive ketones (excluding diaryl/α,β-unsaturated/α-hetero) is 1. The molecule has 0 atom stereocenters. The summed E-state index contributed by atoms with van der Waals surface area (Å²) in [5.74, 6) is 0.0927. The first kappa shape index (κ1) is 12.0. The third-order valence-corrected chi connectivity index (χ3v) is 4.18. The van der Waals surface area contributed by atoms with Gasteiger partial charge < -0.3 is 0 Å². The average molecular weight is 245 g/mol. The summed E-state index contributed by atoms with van der Waals surface area (Å²) in [6, 6.07) is 6.27. The molecule has 0 unspecified atom stereocenters. The van der Waals surface area contributed by atoms with Crippen LogP contribution in [0.1, 0.15) is 33.4 Å². The molecule has 0 N–H and O–H groups in total. The predicted octanol–water partition coefficient (Wildman–Crippen LogP) is 3.94. The number of nitrogens with zero attached hydrogens (tertiary/aromatic N) is 1. The van der Waals surface area contributed by atoms with E-state index >= 15 is 0 Å². The first-order chi connectivity index (χ1) is 7.99. The molecule has 0 aliphatic rings. The van der Waals surface area contributed by atoms with Crippen molar-refractivity contribution >= 4 is 17.1 Å². The normalized spacial score (nSPS) is 10.6. The molecule has 3 heteroatoms. The molecule has 0 fully saturated rings. The first-order valence-corrected chi connectivity index (χ1v) is 6.36. The summed E-state index contributed by atoms with van der Waals surface area (Å²) in [5.41, 5.74) is 4.44. The van der Waals surface area contributed by atoms with Crippen LogP contribution in [0.15, 0.2) is 18.2 Å². The average Bonchev–Trinajstić information content (AvgIpc) is 2.64. The highest BCUT2D eigenvalue weighted by Crippen LogP contribution is 2.29. The van der Waals surface area contributed by atoms with Crippen molar-refractivity contribution in [1.29, 1.82) is 0 Å². The third kappa shape index (κ3) is 2.29. The first-order valence-electron chi connectivity index (χ1n) is 5.55. The summed E-state index contributed by atoms with van der Waals surface area (Å²) in [7, 11) is 0. The largest absolute Gasteiger partial charge is 0.294 e. The SMILES string of the molecule is CC(=O)c1sc(-c2ccc(C)c(C)c2)nc1C. The van der Waals surface area contributed by atoms with E-state index in [0.717, 1.165) is 21.1 Å². The van der Waals surface area contributed by atoms with Gasteiger partial charge >= 0.3 is 0 Å². The lowest BCUT2D eigenvalue weighted by Crippen LogP contribution is -1.89. The predicted molar refractivity (Wildman–Crippen MR) is 71.8 cm³/mol. The molecule has 0 saturated heterocycles. The Kier molecular flexibility index (Phi) is 3.11. The maximum atomic E-state index is 11.4. The fraction of sp³-hybridized carbons (Fsp3) is 0.286. The fourth-order valence-corrected chi connectivity index (χ4v) is 2.68. The van der Waals surface area contributed by atoms with E-state index < -0.39 is 0 Å². The van der Waals surface area contributed by atoms with Crippen LogP contribution in [-0.2, 0) is 0 Å². The van der Waals surface area contributed by atoms with Crippen molar-refractivity contribution < 1.29 is 4.79 Å². The maximum absolute atomic E-state index is 11.4. The van der Waals surface area contributed by atoms with Gasteiger partial charge in [-0.1, -0.05) is 12.1 Å². The number of thiazole rings is 1. The minimum Gasteiger partial charge on any atom is -0.294 e. The molecule has 2 rings (SSSR count). The highest BCUT2D eigenvalue weighted by molar-refractivity contribution is 7.17. The zero-order valence-corrected chi connectivity index (χ0v) is 11.3. The van der Waals surface area contributed by atoms with Crippen LogP contribution in [0.2, 0.25) is 0 Å². The van der Waals surface area contributed by atoms with Crippen LogP contribution in [0, 0.1) is 20.8 Å². The number of aromatic nitrogens is 1. The molecule has 0 amide bonds. The van der Waals surface area contributed by atoms with E-state index in [-0.39, 0.29) is 5.78 Å². The number of benzene rings is 1. The van der Waals surface area contributed by atoms with Crippen molar-refractivity contribution in [2.24, 2.45) is 0 Å². The summed E-state index contributed by atoms with van der Waals surface area (Å²) >= 11 is 1.47. The highest BCUT2D eigenvalue weighted by Gasteiger charge is 2.12. The molecule has 0 spiro atoms. The van der Waals surface area contributed by atoms with Crippen LogP contribution in [0.25, 0.3) is 10.6 Å². The van der Waals surface area contributed by atoms with E-state index in [9.17, 15) is 4.79 Å². The van der Waals surface area contributed by atoms with Crippen molar-refractivity contribution in [2.45, 2.75) is 27.7 Å². The topological polar surface area (TPSA) is 30.0 Å². The minimum absolute atomic E-state index is 0.0927. The van der Waals surface area contributed by atoms with Crippen LogP contribution in [0.3, 0.4) is 0 Å². The van der Waals surface area contributed by atoms with Gasteiger partial charge in [-0.25, -0.2) is 4.98 Å². The maximum Gasteiger partial charge on any atom is 0.171 e. The summed E-state index contributed by atoms with van der Waals surface area (Å²) in [4.78, 5) is 16.6. The van der Waals surface area contributed by atoms with E-state index in [1.807, 2.05) is 6.92 Å².